The second-order valence-electron chi connectivity index (χ2n) is 6.31. The van der Waals surface area contributed by atoms with Gasteiger partial charge in [0.15, 0.2) is 5.69 Å². The Morgan fingerprint density at radius 3 is 2.71 bits per heavy atom. The van der Waals surface area contributed by atoms with Crippen molar-refractivity contribution in [3.63, 3.8) is 0 Å². The highest BCUT2D eigenvalue weighted by atomic mass is 19.4. The molecule has 0 spiro atoms. The number of nitrogens with one attached hydrogen (secondary N) is 1. The van der Waals surface area contributed by atoms with Crippen LogP contribution in [0.1, 0.15) is 22.5 Å². The van der Waals surface area contributed by atoms with Crippen LogP contribution < -0.4 is 15.0 Å². The van der Waals surface area contributed by atoms with E-state index in [-0.39, 0.29) is 12.3 Å². The molecule has 1 saturated heterocycles. The van der Waals surface area contributed by atoms with E-state index in [2.05, 4.69) is 15.2 Å². The van der Waals surface area contributed by atoms with E-state index in [1.54, 1.807) is 23.1 Å². The van der Waals surface area contributed by atoms with Crippen LogP contribution in [0.2, 0.25) is 0 Å². The van der Waals surface area contributed by atoms with Gasteiger partial charge in [0.1, 0.15) is 5.75 Å². The van der Waals surface area contributed by atoms with E-state index in [1.165, 1.54) is 13.1 Å². The molecular formula is C17H17F5N4O2. The van der Waals surface area contributed by atoms with Crippen molar-refractivity contribution in [1.82, 2.24) is 15.1 Å². The Balaban J connectivity index is 1.70. The first-order valence-electron chi connectivity index (χ1n) is 8.35. The highest BCUT2D eigenvalue weighted by Crippen LogP contribution is 2.33. The number of alkyl halides is 5. The van der Waals surface area contributed by atoms with E-state index in [0.29, 0.717) is 18.7 Å². The van der Waals surface area contributed by atoms with E-state index in [1.807, 2.05) is 0 Å². The summed E-state index contributed by atoms with van der Waals surface area (Å²) in [7, 11) is 1.29. The molecule has 2 heterocycles. The fraction of sp³-hybridized carbons (Fsp3) is 0.412. The van der Waals surface area contributed by atoms with Gasteiger partial charge in [0.25, 0.3) is 5.91 Å². The largest absolute Gasteiger partial charge is 0.435 e. The van der Waals surface area contributed by atoms with Crippen LogP contribution in [0, 0.1) is 0 Å². The standard InChI is InChI=1S/C17H17F5N4O2/c1-25-9-11(14(24-25)17(20,21)22)15(27)23-10-6-7-26(8-10)12-4-2-3-5-13(12)28-16(18)19/h2-5,9-10,16H,6-8H2,1H3,(H,23,27). The molecule has 6 nitrogen and oxygen atoms in total. The zero-order valence-corrected chi connectivity index (χ0v) is 14.7. The Hall–Kier alpha value is -2.85. The molecule has 1 aromatic carbocycles. The fourth-order valence-corrected chi connectivity index (χ4v) is 3.14. The summed E-state index contributed by atoms with van der Waals surface area (Å²) in [5, 5.41) is 5.87. The third-order valence-electron chi connectivity index (χ3n) is 4.29. The zero-order valence-electron chi connectivity index (χ0n) is 14.7. The van der Waals surface area contributed by atoms with Crippen molar-refractivity contribution in [3.8, 4) is 5.75 Å². The highest BCUT2D eigenvalue weighted by molar-refractivity contribution is 5.95. The number of aromatic nitrogens is 2. The lowest BCUT2D eigenvalue weighted by Crippen LogP contribution is -2.37. The second kappa shape index (κ2) is 7.64. The summed E-state index contributed by atoms with van der Waals surface area (Å²) in [6.45, 7) is -2.31. The molecule has 28 heavy (non-hydrogen) atoms. The van der Waals surface area contributed by atoms with Crippen LogP contribution >= 0.6 is 0 Å². The van der Waals surface area contributed by atoms with Crippen molar-refractivity contribution in [2.45, 2.75) is 25.3 Å². The molecule has 1 aliphatic heterocycles. The van der Waals surface area contributed by atoms with Crippen molar-refractivity contribution in [1.29, 1.82) is 0 Å². The molecule has 0 aliphatic carbocycles. The number of halogens is 5. The second-order valence-corrected chi connectivity index (χ2v) is 6.31. The molecule has 1 aliphatic rings. The van der Waals surface area contributed by atoms with Gasteiger partial charge in [-0.2, -0.15) is 27.1 Å². The molecule has 1 unspecified atom stereocenters. The van der Waals surface area contributed by atoms with Gasteiger partial charge >= 0.3 is 12.8 Å². The van der Waals surface area contributed by atoms with Gasteiger partial charge in [-0.3, -0.25) is 9.48 Å². The van der Waals surface area contributed by atoms with Crippen LogP contribution in [0.15, 0.2) is 30.5 Å². The predicted octanol–water partition coefficient (Wildman–Crippen LogP) is 3.05. The number of carbonyl (C=O) groups excluding carboxylic acids is 1. The minimum Gasteiger partial charge on any atom is -0.433 e. The maximum atomic E-state index is 13.0. The summed E-state index contributed by atoms with van der Waals surface area (Å²) in [6.07, 6.45) is -3.30. The number of carbonyl (C=O) groups is 1. The number of hydrogen-bond donors (Lipinski definition) is 1. The molecule has 152 valence electrons. The van der Waals surface area contributed by atoms with Gasteiger partial charge in [0.05, 0.1) is 11.3 Å². The van der Waals surface area contributed by atoms with Gasteiger partial charge in [-0.25, -0.2) is 0 Å². The zero-order chi connectivity index (χ0) is 20.5. The molecule has 11 heteroatoms. The van der Waals surface area contributed by atoms with Crippen LogP contribution in [-0.4, -0.2) is 41.4 Å². The van der Waals surface area contributed by atoms with Crippen molar-refractivity contribution < 1.29 is 31.5 Å². The summed E-state index contributed by atoms with van der Waals surface area (Å²) < 4.78 is 69.6. The number of para-hydroxylation sites is 2. The van der Waals surface area contributed by atoms with E-state index in [9.17, 15) is 26.7 Å². The van der Waals surface area contributed by atoms with E-state index < -0.39 is 36.0 Å². The van der Waals surface area contributed by atoms with Gasteiger partial charge < -0.3 is 15.0 Å². The topological polar surface area (TPSA) is 59.4 Å². The molecule has 0 saturated carbocycles. The molecular weight excluding hydrogens is 387 g/mol. The molecule has 1 N–H and O–H groups in total. The van der Waals surface area contributed by atoms with Crippen molar-refractivity contribution >= 4 is 11.6 Å². The Morgan fingerprint density at radius 1 is 1.32 bits per heavy atom. The number of benzene rings is 1. The Labute approximate surface area is 156 Å². The van der Waals surface area contributed by atoms with Crippen LogP contribution in [-0.2, 0) is 13.2 Å². The third kappa shape index (κ3) is 4.34. The lowest BCUT2D eigenvalue weighted by Gasteiger charge is -2.22. The third-order valence-corrected chi connectivity index (χ3v) is 4.29. The molecule has 2 aromatic rings. The van der Waals surface area contributed by atoms with Crippen molar-refractivity contribution in [3.05, 3.63) is 41.7 Å². The minimum atomic E-state index is -4.75. The van der Waals surface area contributed by atoms with Gasteiger partial charge in [-0.05, 0) is 18.6 Å². The molecule has 1 atom stereocenters. The molecule has 1 fully saturated rings. The molecule has 1 amide bonds. The molecule has 0 radical (unpaired) electrons. The van der Waals surface area contributed by atoms with Crippen LogP contribution in [0.25, 0.3) is 0 Å². The maximum absolute atomic E-state index is 13.0. The Bertz CT molecular complexity index is 852. The van der Waals surface area contributed by atoms with Crippen LogP contribution in [0.4, 0.5) is 27.6 Å². The summed E-state index contributed by atoms with van der Waals surface area (Å²) in [5.74, 6) is -0.888. The van der Waals surface area contributed by atoms with Crippen LogP contribution in [0.3, 0.4) is 0 Å². The smallest absolute Gasteiger partial charge is 0.433 e. The molecule has 1 aromatic heterocycles. The van der Waals surface area contributed by atoms with Crippen molar-refractivity contribution in [2.24, 2.45) is 7.05 Å². The monoisotopic (exact) mass is 404 g/mol. The quantitative estimate of drug-likeness (QED) is 0.779. The maximum Gasteiger partial charge on any atom is 0.435 e. The van der Waals surface area contributed by atoms with Gasteiger partial charge in [0, 0.05) is 32.4 Å². The fourth-order valence-electron chi connectivity index (χ4n) is 3.14. The van der Waals surface area contributed by atoms with E-state index in [4.69, 9.17) is 0 Å². The SMILES string of the molecule is Cn1cc(C(=O)NC2CCN(c3ccccc3OC(F)F)C2)c(C(F)(F)F)n1. The summed E-state index contributed by atoms with van der Waals surface area (Å²) in [4.78, 5) is 14.1. The minimum absolute atomic E-state index is 0.00362. The lowest BCUT2D eigenvalue weighted by molar-refractivity contribution is -0.141. The number of amides is 1. The Kier molecular flexibility index (Phi) is 5.43. The normalized spacial score (nSPS) is 17.2. The number of rotatable bonds is 5. The van der Waals surface area contributed by atoms with Gasteiger partial charge in [-0.1, -0.05) is 12.1 Å². The first kappa shape index (κ1) is 19.9. The molecule has 3 rings (SSSR count). The number of anilines is 1. The van der Waals surface area contributed by atoms with Gasteiger partial charge in [0.2, 0.25) is 0 Å². The number of hydrogen-bond acceptors (Lipinski definition) is 4. The first-order chi connectivity index (χ1) is 13.1. The lowest BCUT2D eigenvalue weighted by atomic mass is 10.2. The first-order valence-corrected chi connectivity index (χ1v) is 8.35. The van der Waals surface area contributed by atoms with Crippen molar-refractivity contribution in [2.75, 3.05) is 18.0 Å². The summed E-state index contributed by atoms with van der Waals surface area (Å²) in [5.41, 5.74) is -1.38. The number of nitrogens with zero attached hydrogens (tertiary/aromatic N) is 3. The average molecular weight is 404 g/mol. The van der Waals surface area contributed by atoms with E-state index >= 15 is 0 Å². The number of ether oxygens (including phenoxy) is 1. The highest BCUT2D eigenvalue weighted by Gasteiger charge is 2.39. The van der Waals surface area contributed by atoms with Crippen LogP contribution in [0.5, 0.6) is 5.75 Å². The number of aryl methyl sites for hydroxylation is 1. The summed E-state index contributed by atoms with van der Waals surface area (Å²) in [6, 6.07) is 5.76. The Morgan fingerprint density at radius 2 is 2.04 bits per heavy atom. The summed E-state index contributed by atoms with van der Waals surface area (Å²) >= 11 is 0. The van der Waals surface area contributed by atoms with E-state index in [0.717, 1.165) is 10.9 Å². The van der Waals surface area contributed by atoms with Gasteiger partial charge in [-0.15, -0.1) is 0 Å². The predicted molar refractivity (Wildman–Crippen MR) is 89.4 cm³/mol. The molecule has 0 bridgehead atoms. The average Bonchev–Trinajstić information content (AvgIpc) is 3.21.